The van der Waals surface area contributed by atoms with E-state index in [4.69, 9.17) is 5.73 Å². The highest BCUT2D eigenvalue weighted by Crippen LogP contribution is 2.32. The van der Waals surface area contributed by atoms with Gasteiger partial charge < -0.3 is 10.6 Å². The third kappa shape index (κ3) is 3.45. The smallest absolute Gasteiger partial charge is 0.0110 e. The van der Waals surface area contributed by atoms with E-state index in [1.165, 1.54) is 57.8 Å². The summed E-state index contributed by atoms with van der Waals surface area (Å²) >= 11 is 0. The van der Waals surface area contributed by atoms with Crippen molar-refractivity contribution in [2.75, 3.05) is 7.05 Å². The third-order valence-electron chi connectivity index (χ3n) is 5.23. The maximum absolute atomic E-state index is 6.11. The van der Waals surface area contributed by atoms with Gasteiger partial charge in [0.2, 0.25) is 0 Å². The molecule has 0 aromatic carbocycles. The van der Waals surface area contributed by atoms with E-state index < -0.39 is 0 Å². The minimum absolute atomic E-state index is 0.461. The van der Waals surface area contributed by atoms with Gasteiger partial charge >= 0.3 is 0 Å². The fourth-order valence-electron chi connectivity index (χ4n) is 3.83. The van der Waals surface area contributed by atoms with Crippen molar-refractivity contribution in [2.24, 2.45) is 11.7 Å². The van der Waals surface area contributed by atoms with E-state index in [-0.39, 0.29) is 0 Å². The molecule has 2 nitrogen and oxygen atoms in total. The van der Waals surface area contributed by atoms with Crippen molar-refractivity contribution in [3.8, 4) is 0 Å². The largest absolute Gasteiger partial charge is 0.328 e. The average Bonchev–Trinajstić information content (AvgIpc) is 2.38. The molecule has 2 N–H and O–H groups in total. The molecule has 2 unspecified atom stereocenters. The highest BCUT2D eigenvalue weighted by atomic mass is 15.2. The molecule has 2 fully saturated rings. The predicted octanol–water partition coefficient (Wildman–Crippen LogP) is 3.16. The zero-order chi connectivity index (χ0) is 12.3. The summed E-state index contributed by atoms with van der Waals surface area (Å²) in [5, 5.41) is 0. The lowest BCUT2D eigenvalue weighted by Crippen LogP contribution is -2.46. The number of nitrogens with zero attached hydrogens (tertiary/aromatic N) is 1. The van der Waals surface area contributed by atoms with E-state index in [9.17, 15) is 0 Å². The molecule has 2 heteroatoms. The first-order valence-electron chi connectivity index (χ1n) is 7.68. The molecule has 0 saturated heterocycles. The van der Waals surface area contributed by atoms with Gasteiger partial charge in [0.1, 0.15) is 0 Å². The van der Waals surface area contributed by atoms with Crippen LogP contribution in [0.25, 0.3) is 0 Å². The van der Waals surface area contributed by atoms with Crippen molar-refractivity contribution in [3.05, 3.63) is 0 Å². The standard InChI is InChI=1S/C15H30N2/c1-3-12-7-9-14(10-8-12)17(2)15-6-4-5-13(16)11-15/h12-15H,3-11,16H2,1-2H3. The van der Waals surface area contributed by atoms with Gasteiger partial charge in [0, 0.05) is 18.1 Å². The fourth-order valence-corrected chi connectivity index (χ4v) is 3.83. The number of rotatable bonds is 3. The topological polar surface area (TPSA) is 29.3 Å². The molecule has 2 atom stereocenters. The average molecular weight is 238 g/mol. The molecule has 17 heavy (non-hydrogen) atoms. The van der Waals surface area contributed by atoms with Crippen LogP contribution >= 0.6 is 0 Å². The Labute approximate surface area is 107 Å². The summed E-state index contributed by atoms with van der Waals surface area (Å²) in [4.78, 5) is 2.67. The Morgan fingerprint density at radius 1 is 1.00 bits per heavy atom. The van der Waals surface area contributed by atoms with Crippen LogP contribution < -0.4 is 5.73 Å². The first-order valence-corrected chi connectivity index (χ1v) is 7.68. The van der Waals surface area contributed by atoms with Crippen LogP contribution in [0.15, 0.2) is 0 Å². The Kier molecular flexibility index (Phi) is 4.87. The summed E-state index contributed by atoms with van der Waals surface area (Å²) in [5.74, 6) is 1.01. The van der Waals surface area contributed by atoms with Gasteiger partial charge in [0.25, 0.3) is 0 Å². The second-order valence-electron chi connectivity index (χ2n) is 6.33. The molecule has 0 radical (unpaired) electrons. The molecule has 2 aliphatic carbocycles. The van der Waals surface area contributed by atoms with Crippen LogP contribution in [0.3, 0.4) is 0 Å². The summed E-state index contributed by atoms with van der Waals surface area (Å²) in [5.41, 5.74) is 6.11. The highest BCUT2D eigenvalue weighted by molar-refractivity contribution is 4.86. The van der Waals surface area contributed by atoms with Crippen molar-refractivity contribution in [1.29, 1.82) is 0 Å². The van der Waals surface area contributed by atoms with Crippen molar-refractivity contribution < 1.29 is 0 Å². The maximum atomic E-state index is 6.11. The molecule has 0 amide bonds. The normalized spacial score (nSPS) is 39.5. The summed E-state index contributed by atoms with van der Waals surface area (Å²) in [6, 6.07) is 2.07. The maximum Gasteiger partial charge on any atom is 0.0110 e. The molecule has 2 aliphatic rings. The molecule has 0 aromatic rings. The van der Waals surface area contributed by atoms with E-state index >= 15 is 0 Å². The van der Waals surface area contributed by atoms with Crippen LogP contribution in [0.1, 0.15) is 64.7 Å². The molecule has 2 rings (SSSR count). The van der Waals surface area contributed by atoms with Crippen LogP contribution in [0, 0.1) is 5.92 Å². The van der Waals surface area contributed by atoms with Crippen LogP contribution in [-0.4, -0.2) is 30.1 Å². The van der Waals surface area contributed by atoms with E-state index in [1.54, 1.807) is 0 Å². The fraction of sp³-hybridized carbons (Fsp3) is 1.00. The first-order chi connectivity index (χ1) is 8.20. The Morgan fingerprint density at radius 3 is 2.29 bits per heavy atom. The van der Waals surface area contributed by atoms with E-state index in [2.05, 4.69) is 18.9 Å². The second-order valence-corrected chi connectivity index (χ2v) is 6.33. The van der Waals surface area contributed by atoms with Crippen LogP contribution in [-0.2, 0) is 0 Å². The Balaban J connectivity index is 1.81. The second kappa shape index (κ2) is 6.19. The van der Waals surface area contributed by atoms with E-state index in [1.807, 2.05) is 0 Å². The molecule has 2 saturated carbocycles. The molecular formula is C15H30N2. The van der Waals surface area contributed by atoms with Crippen molar-refractivity contribution in [3.63, 3.8) is 0 Å². The third-order valence-corrected chi connectivity index (χ3v) is 5.23. The van der Waals surface area contributed by atoms with Crippen LogP contribution in [0.2, 0.25) is 0 Å². The quantitative estimate of drug-likeness (QED) is 0.818. The summed E-state index contributed by atoms with van der Waals surface area (Å²) < 4.78 is 0. The van der Waals surface area contributed by atoms with Gasteiger partial charge in [0.15, 0.2) is 0 Å². The van der Waals surface area contributed by atoms with Gasteiger partial charge in [-0.2, -0.15) is 0 Å². The lowest BCUT2D eigenvalue weighted by molar-refractivity contribution is 0.0923. The van der Waals surface area contributed by atoms with Gasteiger partial charge in [-0.3, -0.25) is 0 Å². The predicted molar refractivity (Wildman–Crippen MR) is 74.0 cm³/mol. The zero-order valence-corrected chi connectivity index (χ0v) is 11.7. The summed E-state index contributed by atoms with van der Waals surface area (Å²) in [6.45, 7) is 2.34. The lowest BCUT2D eigenvalue weighted by atomic mass is 9.82. The number of nitrogens with two attached hydrogens (primary N) is 1. The first kappa shape index (κ1) is 13.4. The van der Waals surface area contributed by atoms with Gasteiger partial charge in [0.05, 0.1) is 0 Å². The van der Waals surface area contributed by atoms with Gasteiger partial charge in [-0.1, -0.05) is 19.8 Å². The Bertz CT molecular complexity index is 221. The molecule has 0 spiro atoms. The molecule has 0 aliphatic heterocycles. The van der Waals surface area contributed by atoms with Crippen molar-refractivity contribution >= 4 is 0 Å². The van der Waals surface area contributed by atoms with E-state index in [0.29, 0.717) is 6.04 Å². The molecule has 0 bridgehead atoms. The lowest BCUT2D eigenvalue weighted by Gasteiger charge is -2.41. The van der Waals surface area contributed by atoms with Crippen LogP contribution in [0.4, 0.5) is 0 Å². The van der Waals surface area contributed by atoms with E-state index in [0.717, 1.165) is 18.0 Å². The number of hydrogen-bond donors (Lipinski definition) is 1. The highest BCUT2D eigenvalue weighted by Gasteiger charge is 2.29. The minimum atomic E-state index is 0.461. The Morgan fingerprint density at radius 2 is 1.71 bits per heavy atom. The van der Waals surface area contributed by atoms with Gasteiger partial charge in [-0.05, 0) is 57.9 Å². The van der Waals surface area contributed by atoms with Gasteiger partial charge in [-0.25, -0.2) is 0 Å². The molecule has 0 aromatic heterocycles. The van der Waals surface area contributed by atoms with Crippen LogP contribution in [0.5, 0.6) is 0 Å². The SMILES string of the molecule is CCC1CCC(N(C)C2CCCC(N)C2)CC1. The Hall–Kier alpha value is -0.0800. The molecular weight excluding hydrogens is 208 g/mol. The monoisotopic (exact) mass is 238 g/mol. The summed E-state index contributed by atoms with van der Waals surface area (Å²) in [7, 11) is 2.35. The van der Waals surface area contributed by atoms with Crippen molar-refractivity contribution in [2.45, 2.75) is 82.8 Å². The minimum Gasteiger partial charge on any atom is -0.328 e. The number of hydrogen-bond acceptors (Lipinski definition) is 2. The summed E-state index contributed by atoms with van der Waals surface area (Å²) in [6.07, 6.45) is 12.3. The zero-order valence-electron chi connectivity index (χ0n) is 11.7. The molecule has 0 heterocycles. The van der Waals surface area contributed by atoms with Crippen molar-refractivity contribution in [1.82, 2.24) is 4.90 Å². The van der Waals surface area contributed by atoms with Gasteiger partial charge in [-0.15, -0.1) is 0 Å². The molecule has 100 valence electrons.